The predicted octanol–water partition coefficient (Wildman–Crippen LogP) is 4.12. The van der Waals surface area contributed by atoms with E-state index in [2.05, 4.69) is 5.32 Å². The molecule has 1 aliphatic carbocycles. The number of alkyl halides is 2. The molecule has 1 unspecified atom stereocenters. The van der Waals surface area contributed by atoms with Crippen molar-refractivity contribution in [1.82, 2.24) is 10.2 Å². The van der Waals surface area contributed by atoms with Crippen LogP contribution in [0.15, 0.2) is 48.5 Å². The number of fused-ring (bicyclic) bond motifs is 3. The summed E-state index contributed by atoms with van der Waals surface area (Å²) in [4.78, 5) is 36.9. The van der Waals surface area contributed by atoms with Gasteiger partial charge in [-0.1, -0.05) is 62.4 Å². The highest BCUT2D eigenvalue weighted by Gasteiger charge is 2.31. The summed E-state index contributed by atoms with van der Waals surface area (Å²) in [7, 11) is 0. The van der Waals surface area contributed by atoms with Gasteiger partial charge in [0.25, 0.3) is 6.43 Å². The van der Waals surface area contributed by atoms with Crippen LogP contribution in [0.4, 0.5) is 13.6 Å². The first-order chi connectivity index (χ1) is 16.2. The number of carbonyl (C=O) groups is 3. The number of aliphatic carboxylic acids is 1. The minimum Gasteiger partial charge on any atom is -0.480 e. The van der Waals surface area contributed by atoms with Crippen LogP contribution in [0.25, 0.3) is 11.1 Å². The van der Waals surface area contributed by atoms with Gasteiger partial charge in [-0.05, 0) is 28.2 Å². The number of hydrogen-bond acceptors (Lipinski definition) is 4. The van der Waals surface area contributed by atoms with Crippen LogP contribution < -0.4 is 5.32 Å². The molecule has 2 N–H and O–H groups in total. The molecule has 3 rings (SSSR count). The lowest BCUT2D eigenvalue weighted by Crippen LogP contribution is -2.46. The minimum atomic E-state index is -3.03. The molecule has 9 heteroatoms. The average Bonchev–Trinajstić information content (AvgIpc) is 3.10. The molecule has 0 radical (unpaired) electrons. The van der Waals surface area contributed by atoms with Gasteiger partial charge in [0, 0.05) is 12.5 Å². The lowest BCUT2D eigenvalue weighted by molar-refractivity contribution is -0.145. The molecule has 7 nitrogen and oxygen atoms in total. The molecule has 0 saturated carbocycles. The fourth-order valence-corrected chi connectivity index (χ4v) is 4.17. The molecule has 0 saturated heterocycles. The maximum atomic E-state index is 13.6. The second-order valence-electron chi connectivity index (χ2n) is 8.68. The largest absolute Gasteiger partial charge is 0.480 e. The van der Waals surface area contributed by atoms with E-state index in [-0.39, 0.29) is 25.0 Å². The first-order valence-electron chi connectivity index (χ1n) is 11.1. The topological polar surface area (TPSA) is 95.9 Å². The van der Waals surface area contributed by atoms with Crippen molar-refractivity contribution >= 4 is 18.0 Å². The fourth-order valence-electron chi connectivity index (χ4n) is 4.17. The lowest BCUT2D eigenvalue weighted by atomic mass is 9.98. The molecule has 0 spiro atoms. The average molecular weight is 475 g/mol. The number of nitrogens with one attached hydrogen (secondary N) is 1. The number of carbonyl (C=O) groups excluding carboxylic acids is 2. The Hall–Kier alpha value is -3.49. The molecule has 0 bridgehead atoms. The first kappa shape index (κ1) is 25.1. The summed E-state index contributed by atoms with van der Waals surface area (Å²) in [6.07, 6.45) is -4.83. The van der Waals surface area contributed by atoms with Crippen molar-refractivity contribution in [1.29, 1.82) is 0 Å². The van der Waals surface area contributed by atoms with E-state index < -0.39 is 43.4 Å². The third kappa shape index (κ3) is 6.09. The molecule has 2 aromatic carbocycles. The standard InChI is InChI=1S/C25H28F2N2O5/c1-15(2)12-29(13-23(31)32)22(30)11-21(24(26)27)28-25(33)34-14-20-18-9-5-3-7-16(18)17-8-4-6-10-19(17)20/h3-10,15,20-21,24H,11-14H2,1-2H3,(H,28,33)(H,31,32). The highest BCUT2D eigenvalue weighted by Crippen LogP contribution is 2.44. The fraction of sp³-hybridized carbons (Fsp3) is 0.400. The zero-order valence-electron chi connectivity index (χ0n) is 19.0. The van der Waals surface area contributed by atoms with Crippen molar-refractivity contribution in [3.63, 3.8) is 0 Å². The van der Waals surface area contributed by atoms with Gasteiger partial charge in [0.15, 0.2) is 0 Å². The van der Waals surface area contributed by atoms with E-state index in [4.69, 9.17) is 9.84 Å². The number of carboxylic acids is 1. The van der Waals surface area contributed by atoms with Crippen LogP contribution in [0.2, 0.25) is 0 Å². The molecule has 2 aromatic rings. The Morgan fingerprint density at radius 3 is 2.09 bits per heavy atom. The number of amides is 2. The molecular formula is C25H28F2N2O5. The van der Waals surface area contributed by atoms with E-state index >= 15 is 0 Å². The van der Waals surface area contributed by atoms with Crippen molar-refractivity contribution in [3.8, 4) is 11.1 Å². The first-order valence-corrected chi connectivity index (χ1v) is 11.1. The molecule has 1 aliphatic rings. The van der Waals surface area contributed by atoms with Crippen LogP contribution >= 0.6 is 0 Å². The molecule has 1 atom stereocenters. The van der Waals surface area contributed by atoms with Gasteiger partial charge in [-0.3, -0.25) is 9.59 Å². The maximum absolute atomic E-state index is 13.6. The molecule has 0 aliphatic heterocycles. The van der Waals surface area contributed by atoms with Gasteiger partial charge in [0.05, 0.1) is 6.42 Å². The molecule has 0 aromatic heterocycles. The molecule has 0 fully saturated rings. The Kier molecular flexibility index (Phi) is 8.20. The molecular weight excluding hydrogens is 446 g/mol. The van der Waals surface area contributed by atoms with E-state index in [1.807, 2.05) is 48.5 Å². The Labute approximate surface area is 196 Å². The van der Waals surface area contributed by atoms with E-state index in [9.17, 15) is 23.2 Å². The van der Waals surface area contributed by atoms with E-state index in [1.54, 1.807) is 13.8 Å². The van der Waals surface area contributed by atoms with E-state index in [0.717, 1.165) is 27.2 Å². The molecule has 182 valence electrons. The Balaban J connectivity index is 1.63. The quantitative estimate of drug-likeness (QED) is 0.540. The smallest absolute Gasteiger partial charge is 0.407 e. The summed E-state index contributed by atoms with van der Waals surface area (Å²) in [6.45, 7) is 3.01. The van der Waals surface area contributed by atoms with Crippen LogP contribution in [0.1, 0.15) is 37.3 Å². The Morgan fingerprint density at radius 1 is 1.03 bits per heavy atom. The van der Waals surface area contributed by atoms with Gasteiger partial charge in [-0.15, -0.1) is 0 Å². The number of hydrogen-bond donors (Lipinski definition) is 2. The third-order valence-electron chi connectivity index (χ3n) is 5.61. The van der Waals surface area contributed by atoms with Crippen molar-refractivity contribution in [3.05, 3.63) is 59.7 Å². The van der Waals surface area contributed by atoms with Crippen LogP contribution in [0, 0.1) is 5.92 Å². The molecule has 2 amide bonds. The number of ether oxygens (including phenoxy) is 1. The van der Waals surface area contributed by atoms with Crippen molar-refractivity contribution < 1.29 is 33.0 Å². The zero-order chi connectivity index (χ0) is 24.8. The number of alkyl carbamates (subject to hydrolysis) is 1. The monoisotopic (exact) mass is 474 g/mol. The minimum absolute atomic E-state index is 0.0524. The van der Waals surface area contributed by atoms with E-state index in [1.165, 1.54) is 0 Å². The number of carboxylic acid groups (broad SMARTS) is 1. The summed E-state index contributed by atoms with van der Waals surface area (Å²) < 4.78 is 32.5. The van der Waals surface area contributed by atoms with Crippen molar-refractivity contribution in [2.75, 3.05) is 19.7 Å². The number of benzene rings is 2. The number of halogens is 2. The maximum Gasteiger partial charge on any atom is 0.407 e. The second-order valence-corrected chi connectivity index (χ2v) is 8.68. The van der Waals surface area contributed by atoms with Crippen molar-refractivity contribution in [2.45, 2.75) is 38.7 Å². The Bertz CT molecular complexity index is 998. The molecule has 34 heavy (non-hydrogen) atoms. The van der Waals surface area contributed by atoms with Crippen molar-refractivity contribution in [2.24, 2.45) is 5.92 Å². The summed E-state index contributed by atoms with van der Waals surface area (Å²) in [5.41, 5.74) is 4.03. The summed E-state index contributed by atoms with van der Waals surface area (Å²) in [5, 5.41) is 11.1. The third-order valence-corrected chi connectivity index (χ3v) is 5.61. The van der Waals surface area contributed by atoms with Gasteiger partial charge >= 0.3 is 12.1 Å². The van der Waals surface area contributed by atoms with Crippen LogP contribution in [0.3, 0.4) is 0 Å². The number of rotatable bonds is 10. The Morgan fingerprint density at radius 2 is 1.59 bits per heavy atom. The number of nitrogens with zero attached hydrogens (tertiary/aromatic N) is 1. The SMILES string of the molecule is CC(C)CN(CC(=O)O)C(=O)CC(NC(=O)OCC1c2ccccc2-c2ccccc21)C(F)F. The molecule has 0 heterocycles. The van der Waals surface area contributed by atoms with Gasteiger partial charge in [-0.2, -0.15) is 0 Å². The highest BCUT2D eigenvalue weighted by atomic mass is 19.3. The normalized spacial score (nSPS) is 13.4. The van der Waals surface area contributed by atoms with Gasteiger partial charge in [0.1, 0.15) is 19.2 Å². The van der Waals surface area contributed by atoms with Gasteiger partial charge in [0.2, 0.25) is 5.91 Å². The van der Waals surface area contributed by atoms with Crippen LogP contribution in [-0.2, 0) is 14.3 Å². The second kappa shape index (κ2) is 11.1. The van der Waals surface area contributed by atoms with Gasteiger partial charge < -0.3 is 20.1 Å². The predicted molar refractivity (Wildman–Crippen MR) is 122 cm³/mol. The van der Waals surface area contributed by atoms with Crippen LogP contribution in [0.5, 0.6) is 0 Å². The zero-order valence-corrected chi connectivity index (χ0v) is 19.0. The summed E-state index contributed by atoms with van der Waals surface area (Å²) >= 11 is 0. The summed E-state index contributed by atoms with van der Waals surface area (Å²) in [5.74, 6) is -2.31. The highest BCUT2D eigenvalue weighted by molar-refractivity contribution is 5.82. The van der Waals surface area contributed by atoms with E-state index in [0.29, 0.717) is 0 Å². The lowest BCUT2D eigenvalue weighted by Gasteiger charge is -2.25. The summed E-state index contributed by atoms with van der Waals surface area (Å²) in [6, 6.07) is 13.6. The van der Waals surface area contributed by atoms with Crippen LogP contribution in [-0.4, -0.2) is 60.1 Å². The van der Waals surface area contributed by atoms with Gasteiger partial charge in [-0.25, -0.2) is 13.6 Å².